The average molecular weight is 261 g/mol. The normalized spacial score (nSPS) is 32.6. The summed E-state index contributed by atoms with van der Waals surface area (Å²) >= 11 is 3.67. The summed E-state index contributed by atoms with van der Waals surface area (Å²) in [7, 11) is 0. The molecule has 0 aromatic heterocycles. The van der Waals surface area contributed by atoms with Crippen LogP contribution in [0.4, 0.5) is 0 Å². The molecule has 2 unspecified atom stereocenters. The summed E-state index contributed by atoms with van der Waals surface area (Å²) in [6, 6.07) is 0. The fourth-order valence-corrected chi connectivity index (χ4v) is 3.46. The van der Waals surface area contributed by atoms with Crippen molar-refractivity contribution in [2.45, 2.75) is 64.1 Å². The summed E-state index contributed by atoms with van der Waals surface area (Å²) in [5.74, 6) is 2.97. The van der Waals surface area contributed by atoms with Crippen LogP contribution in [-0.2, 0) is 0 Å². The topological polar surface area (TPSA) is 0 Å². The van der Waals surface area contributed by atoms with Crippen molar-refractivity contribution in [2.75, 3.05) is 0 Å². The number of rotatable bonds is 4. The Labute approximate surface area is 98.0 Å². The molecule has 1 heteroatoms. The molecule has 0 aromatic carbocycles. The Morgan fingerprint density at radius 3 is 2.14 bits per heavy atom. The molecule has 84 valence electrons. The monoisotopic (exact) mass is 260 g/mol. The fraction of sp³-hybridized carbons (Fsp3) is 1.00. The van der Waals surface area contributed by atoms with Crippen LogP contribution in [0, 0.1) is 17.8 Å². The highest BCUT2D eigenvalue weighted by Crippen LogP contribution is 2.36. The maximum absolute atomic E-state index is 3.67. The highest BCUT2D eigenvalue weighted by atomic mass is 79.9. The molecule has 0 saturated heterocycles. The van der Waals surface area contributed by atoms with Crippen molar-refractivity contribution in [2.24, 2.45) is 17.8 Å². The number of hydrogen-bond donors (Lipinski definition) is 0. The molecule has 2 atom stereocenters. The Kier molecular flexibility index (Phi) is 5.51. The minimum atomic E-state index is 0.696. The van der Waals surface area contributed by atoms with Crippen LogP contribution in [0.1, 0.15) is 59.3 Å². The van der Waals surface area contributed by atoms with E-state index in [1.165, 1.54) is 38.5 Å². The molecule has 0 aliphatic heterocycles. The second-order valence-corrected chi connectivity index (χ2v) is 6.75. The lowest BCUT2D eigenvalue weighted by molar-refractivity contribution is 0.204. The van der Waals surface area contributed by atoms with Crippen LogP contribution in [0.25, 0.3) is 0 Å². The van der Waals surface area contributed by atoms with Crippen molar-refractivity contribution in [3.63, 3.8) is 0 Å². The lowest BCUT2D eigenvalue weighted by atomic mass is 9.74. The maximum atomic E-state index is 3.67. The quantitative estimate of drug-likeness (QED) is 0.624. The highest BCUT2D eigenvalue weighted by molar-refractivity contribution is 9.09. The first kappa shape index (κ1) is 12.5. The minimum Gasteiger partial charge on any atom is -0.0894 e. The molecule has 1 fully saturated rings. The van der Waals surface area contributed by atoms with Gasteiger partial charge in [-0.1, -0.05) is 56.0 Å². The first-order chi connectivity index (χ1) is 6.63. The summed E-state index contributed by atoms with van der Waals surface area (Å²) in [6.45, 7) is 7.05. The van der Waals surface area contributed by atoms with Gasteiger partial charge in [-0.3, -0.25) is 0 Å². The summed E-state index contributed by atoms with van der Waals surface area (Å²) < 4.78 is 0. The van der Waals surface area contributed by atoms with Gasteiger partial charge in [0.05, 0.1) is 0 Å². The molecule has 0 amide bonds. The Bertz CT molecular complexity index is 145. The van der Waals surface area contributed by atoms with Crippen LogP contribution in [0.2, 0.25) is 0 Å². The standard InChI is InChI=1S/C13H25Br/c1-4-12-5-7-13(8-6-12)10(2)9-11(3)14/h10-13H,4-9H2,1-3H3. The van der Waals surface area contributed by atoms with E-state index in [9.17, 15) is 0 Å². The smallest absolute Gasteiger partial charge is 0.0120 e. The predicted molar refractivity (Wildman–Crippen MR) is 67.9 cm³/mol. The van der Waals surface area contributed by atoms with E-state index in [0.29, 0.717) is 4.83 Å². The molecule has 0 heterocycles. The van der Waals surface area contributed by atoms with Crippen LogP contribution in [0.3, 0.4) is 0 Å². The van der Waals surface area contributed by atoms with Crippen LogP contribution >= 0.6 is 15.9 Å². The zero-order valence-electron chi connectivity index (χ0n) is 9.93. The zero-order valence-corrected chi connectivity index (χ0v) is 11.5. The van der Waals surface area contributed by atoms with Gasteiger partial charge in [0, 0.05) is 4.83 Å². The van der Waals surface area contributed by atoms with Gasteiger partial charge in [-0.15, -0.1) is 0 Å². The van der Waals surface area contributed by atoms with Crippen molar-refractivity contribution in [3.8, 4) is 0 Å². The van der Waals surface area contributed by atoms with Crippen LogP contribution in [0.5, 0.6) is 0 Å². The van der Waals surface area contributed by atoms with Gasteiger partial charge in [0.2, 0.25) is 0 Å². The molecule has 1 rings (SSSR count). The molecular formula is C13H25Br. The van der Waals surface area contributed by atoms with E-state index in [2.05, 4.69) is 36.7 Å². The van der Waals surface area contributed by atoms with Crippen LogP contribution < -0.4 is 0 Å². The predicted octanol–water partition coefficient (Wildman–Crippen LogP) is 5.01. The molecule has 0 spiro atoms. The molecular weight excluding hydrogens is 236 g/mol. The first-order valence-electron chi connectivity index (χ1n) is 6.27. The van der Waals surface area contributed by atoms with Crippen molar-refractivity contribution in [1.82, 2.24) is 0 Å². The van der Waals surface area contributed by atoms with Gasteiger partial charge in [0.15, 0.2) is 0 Å². The van der Waals surface area contributed by atoms with Gasteiger partial charge in [0.1, 0.15) is 0 Å². The van der Waals surface area contributed by atoms with Crippen molar-refractivity contribution in [1.29, 1.82) is 0 Å². The largest absolute Gasteiger partial charge is 0.0894 e. The molecule has 1 aliphatic carbocycles. The van der Waals surface area contributed by atoms with Gasteiger partial charge < -0.3 is 0 Å². The van der Waals surface area contributed by atoms with E-state index < -0.39 is 0 Å². The molecule has 1 saturated carbocycles. The minimum absolute atomic E-state index is 0.696. The Balaban J connectivity index is 2.26. The lowest BCUT2D eigenvalue weighted by Crippen LogP contribution is -2.21. The highest BCUT2D eigenvalue weighted by Gasteiger charge is 2.24. The Hall–Kier alpha value is 0.480. The molecule has 0 N–H and O–H groups in total. The van der Waals surface area contributed by atoms with E-state index in [4.69, 9.17) is 0 Å². The SMILES string of the molecule is CCC1CCC(C(C)CC(C)Br)CC1. The summed E-state index contributed by atoms with van der Waals surface area (Å²) in [5, 5.41) is 0. The molecule has 0 nitrogen and oxygen atoms in total. The van der Waals surface area contributed by atoms with Crippen molar-refractivity contribution in [3.05, 3.63) is 0 Å². The molecule has 0 radical (unpaired) electrons. The summed E-state index contributed by atoms with van der Waals surface area (Å²) in [6.07, 6.45) is 8.69. The van der Waals surface area contributed by atoms with Gasteiger partial charge in [-0.25, -0.2) is 0 Å². The number of halogens is 1. The zero-order chi connectivity index (χ0) is 10.6. The number of hydrogen-bond acceptors (Lipinski definition) is 0. The third-order valence-electron chi connectivity index (χ3n) is 3.97. The summed E-state index contributed by atoms with van der Waals surface area (Å²) in [5.41, 5.74) is 0. The van der Waals surface area contributed by atoms with Crippen LogP contribution in [-0.4, -0.2) is 4.83 Å². The fourth-order valence-electron chi connectivity index (χ4n) is 2.87. The van der Waals surface area contributed by atoms with E-state index >= 15 is 0 Å². The summed E-state index contributed by atoms with van der Waals surface area (Å²) in [4.78, 5) is 0.696. The second-order valence-electron chi connectivity index (χ2n) is 5.18. The van der Waals surface area contributed by atoms with Crippen molar-refractivity contribution < 1.29 is 0 Å². The molecule has 1 aliphatic rings. The van der Waals surface area contributed by atoms with E-state index in [-0.39, 0.29) is 0 Å². The van der Waals surface area contributed by atoms with E-state index in [0.717, 1.165) is 17.8 Å². The van der Waals surface area contributed by atoms with Gasteiger partial charge >= 0.3 is 0 Å². The molecule has 14 heavy (non-hydrogen) atoms. The van der Waals surface area contributed by atoms with Gasteiger partial charge in [-0.2, -0.15) is 0 Å². The van der Waals surface area contributed by atoms with E-state index in [1.807, 2.05) is 0 Å². The Morgan fingerprint density at radius 1 is 1.14 bits per heavy atom. The molecule has 0 aromatic rings. The third-order valence-corrected chi connectivity index (χ3v) is 4.34. The van der Waals surface area contributed by atoms with Crippen molar-refractivity contribution >= 4 is 15.9 Å². The number of alkyl halides is 1. The van der Waals surface area contributed by atoms with E-state index in [1.54, 1.807) is 0 Å². The van der Waals surface area contributed by atoms with Gasteiger partial charge in [-0.05, 0) is 37.0 Å². The Morgan fingerprint density at radius 2 is 1.71 bits per heavy atom. The maximum Gasteiger partial charge on any atom is 0.0120 e. The molecule has 0 bridgehead atoms. The average Bonchev–Trinajstić information content (AvgIpc) is 2.17. The van der Waals surface area contributed by atoms with Gasteiger partial charge in [0.25, 0.3) is 0 Å². The van der Waals surface area contributed by atoms with Crippen LogP contribution in [0.15, 0.2) is 0 Å². The third kappa shape index (κ3) is 3.92. The second kappa shape index (κ2) is 6.15. The lowest BCUT2D eigenvalue weighted by Gasteiger charge is -2.32. The first-order valence-corrected chi connectivity index (χ1v) is 7.19.